The molecule has 37 heavy (non-hydrogen) atoms. The van der Waals surface area contributed by atoms with E-state index < -0.39 is 0 Å². The van der Waals surface area contributed by atoms with Crippen molar-refractivity contribution in [3.63, 3.8) is 0 Å². The van der Waals surface area contributed by atoms with Gasteiger partial charge in [0.25, 0.3) is 11.8 Å². The number of carbonyl (C=O) groups is 2. The zero-order valence-electron chi connectivity index (χ0n) is 19.7. The lowest BCUT2D eigenvalue weighted by molar-refractivity contribution is 0.101. The second-order valence-corrected chi connectivity index (χ2v) is 8.73. The Labute approximate surface area is 212 Å². The minimum atomic E-state index is -0.193. The Morgan fingerprint density at radius 1 is 0.486 bits per heavy atom. The van der Waals surface area contributed by atoms with E-state index in [1.807, 2.05) is 109 Å². The SMILES string of the molecule is O=C(Nc1ccc(Nc2ccc(NC(=O)c3cc4ccccc4[nH]3)cc2)cc1)c1cc2ccccc2[nH]1. The van der Waals surface area contributed by atoms with Gasteiger partial charge in [0.1, 0.15) is 11.4 Å². The van der Waals surface area contributed by atoms with Crippen LogP contribution in [-0.4, -0.2) is 21.8 Å². The Morgan fingerprint density at radius 3 is 1.27 bits per heavy atom. The Kier molecular flexibility index (Phi) is 5.63. The highest BCUT2D eigenvalue weighted by Crippen LogP contribution is 2.22. The molecule has 0 spiro atoms. The lowest BCUT2D eigenvalue weighted by Gasteiger charge is -2.10. The van der Waals surface area contributed by atoms with Gasteiger partial charge in [-0.15, -0.1) is 0 Å². The minimum absolute atomic E-state index is 0.193. The van der Waals surface area contributed by atoms with Gasteiger partial charge in [0, 0.05) is 44.6 Å². The number of hydrogen-bond donors (Lipinski definition) is 5. The lowest BCUT2D eigenvalue weighted by atomic mass is 10.2. The van der Waals surface area contributed by atoms with Gasteiger partial charge in [-0.05, 0) is 72.8 Å². The number of H-pyrrole nitrogens is 2. The van der Waals surface area contributed by atoms with Gasteiger partial charge in [0.2, 0.25) is 0 Å². The highest BCUT2D eigenvalue weighted by molar-refractivity contribution is 6.06. The third-order valence-corrected chi connectivity index (χ3v) is 6.12. The normalized spacial score (nSPS) is 10.9. The molecule has 0 fully saturated rings. The molecule has 0 saturated carbocycles. The van der Waals surface area contributed by atoms with Crippen LogP contribution in [0, 0.1) is 0 Å². The van der Waals surface area contributed by atoms with E-state index in [0.29, 0.717) is 22.8 Å². The molecule has 0 aliphatic carbocycles. The molecule has 7 heteroatoms. The lowest BCUT2D eigenvalue weighted by Crippen LogP contribution is -2.12. The number of benzene rings is 4. The van der Waals surface area contributed by atoms with E-state index in [2.05, 4.69) is 25.9 Å². The summed E-state index contributed by atoms with van der Waals surface area (Å²) in [7, 11) is 0. The number of carbonyl (C=O) groups excluding carboxylic acids is 2. The standard InChI is InChI=1S/C30H23N5O2/c36-29(27-17-19-5-1-3-7-25(19)34-27)32-23-13-9-21(10-14-23)31-22-11-15-24(16-12-22)33-30(37)28-18-20-6-2-4-8-26(20)35-28/h1-18,31,34-35H,(H,32,36)(H,33,37). The van der Waals surface area contributed by atoms with E-state index in [1.54, 1.807) is 0 Å². The summed E-state index contributed by atoms with van der Waals surface area (Å²) >= 11 is 0. The van der Waals surface area contributed by atoms with Gasteiger partial charge in [-0.1, -0.05) is 36.4 Å². The van der Waals surface area contributed by atoms with Gasteiger partial charge in [-0.2, -0.15) is 0 Å². The summed E-state index contributed by atoms with van der Waals surface area (Å²) in [6.07, 6.45) is 0. The van der Waals surface area contributed by atoms with Crippen LogP contribution in [-0.2, 0) is 0 Å². The number of para-hydroxylation sites is 2. The molecule has 0 unspecified atom stereocenters. The number of hydrogen-bond acceptors (Lipinski definition) is 3. The molecule has 2 aromatic heterocycles. The second kappa shape index (κ2) is 9.39. The summed E-state index contributed by atoms with van der Waals surface area (Å²) in [6.45, 7) is 0. The molecule has 2 amide bonds. The Morgan fingerprint density at radius 2 is 0.865 bits per heavy atom. The smallest absolute Gasteiger partial charge is 0.272 e. The topological polar surface area (TPSA) is 102 Å². The van der Waals surface area contributed by atoms with Crippen LogP contribution in [0.1, 0.15) is 21.0 Å². The first-order valence-corrected chi connectivity index (χ1v) is 11.9. The monoisotopic (exact) mass is 485 g/mol. The third-order valence-electron chi connectivity index (χ3n) is 6.12. The van der Waals surface area contributed by atoms with Gasteiger partial charge in [-0.3, -0.25) is 9.59 Å². The third kappa shape index (κ3) is 4.78. The molecule has 0 saturated heterocycles. The first kappa shape index (κ1) is 22.2. The molecule has 0 bridgehead atoms. The molecule has 7 nitrogen and oxygen atoms in total. The minimum Gasteiger partial charge on any atom is -0.356 e. The van der Waals surface area contributed by atoms with E-state index >= 15 is 0 Å². The fourth-order valence-electron chi connectivity index (χ4n) is 4.23. The summed E-state index contributed by atoms with van der Waals surface area (Å²) in [5, 5.41) is 11.2. The molecule has 4 aromatic carbocycles. The van der Waals surface area contributed by atoms with Crippen molar-refractivity contribution in [3.05, 3.63) is 121 Å². The van der Waals surface area contributed by atoms with Gasteiger partial charge < -0.3 is 25.9 Å². The number of anilines is 4. The van der Waals surface area contributed by atoms with Crippen LogP contribution in [0.3, 0.4) is 0 Å². The first-order chi connectivity index (χ1) is 18.1. The Bertz CT molecular complexity index is 1530. The van der Waals surface area contributed by atoms with Crippen molar-refractivity contribution < 1.29 is 9.59 Å². The van der Waals surface area contributed by atoms with Crippen molar-refractivity contribution >= 4 is 56.4 Å². The van der Waals surface area contributed by atoms with E-state index in [0.717, 1.165) is 33.2 Å². The fourth-order valence-corrected chi connectivity index (χ4v) is 4.23. The number of aromatic amines is 2. The van der Waals surface area contributed by atoms with Crippen LogP contribution in [0.25, 0.3) is 21.8 Å². The summed E-state index contributed by atoms with van der Waals surface area (Å²) in [4.78, 5) is 31.5. The molecule has 6 rings (SSSR count). The molecule has 0 aliphatic heterocycles. The zero-order chi connectivity index (χ0) is 25.2. The number of rotatable bonds is 6. The molecular weight excluding hydrogens is 462 g/mol. The predicted molar refractivity (Wildman–Crippen MR) is 149 cm³/mol. The Balaban J connectivity index is 1.06. The summed E-state index contributed by atoms with van der Waals surface area (Å²) in [5.41, 5.74) is 6.02. The van der Waals surface area contributed by atoms with Gasteiger partial charge >= 0.3 is 0 Å². The van der Waals surface area contributed by atoms with Crippen molar-refractivity contribution in [2.24, 2.45) is 0 Å². The number of aromatic nitrogens is 2. The molecule has 0 radical (unpaired) electrons. The Hall–Kier alpha value is -5.30. The van der Waals surface area contributed by atoms with Crippen LogP contribution >= 0.6 is 0 Å². The van der Waals surface area contributed by atoms with E-state index in [9.17, 15) is 9.59 Å². The first-order valence-electron chi connectivity index (χ1n) is 11.9. The molecule has 180 valence electrons. The molecule has 0 aliphatic rings. The van der Waals surface area contributed by atoms with Crippen LogP contribution in [0.5, 0.6) is 0 Å². The molecule has 6 aromatic rings. The van der Waals surface area contributed by atoms with Gasteiger partial charge in [0.15, 0.2) is 0 Å². The maximum absolute atomic E-state index is 12.6. The van der Waals surface area contributed by atoms with E-state index in [1.165, 1.54) is 0 Å². The summed E-state index contributed by atoms with van der Waals surface area (Å²) in [6, 6.07) is 34.2. The van der Waals surface area contributed by atoms with Crippen LogP contribution < -0.4 is 16.0 Å². The van der Waals surface area contributed by atoms with Crippen molar-refractivity contribution in [2.45, 2.75) is 0 Å². The van der Waals surface area contributed by atoms with Crippen molar-refractivity contribution in [1.82, 2.24) is 9.97 Å². The average molecular weight is 486 g/mol. The molecule has 5 N–H and O–H groups in total. The zero-order valence-corrected chi connectivity index (χ0v) is 19.7. The van der Waals surface area contributed by atoms with E-state index in [4.69, 9.17) is 0 Å². The number of fused-ring (bicyclic) bond motifs is 2. The van der Waals surface area contributed by atoms with Crippen molar-refractivity contribution in [2.75, 3.05) is 16.0 Å². The number of nitrogens with one attached hydrogen (secondary N) is 5. The largest absolute Gasteiger partial charge is 0.356 e. The van der Waals surface area contributed by atoms with Crippen LogP contribution in [0.4, 0.5) is 22.7 Å². The maximum Gasteiger partial charge on any atom is 0.272 e. The van der Waals surface area contributed by atoms with Crippen LogP contribution in [0.15, 0.2) is 109 Å². The van der Waals surface area contributed by atoms with Crippen molar-refractivity contribution in [3.8, 4) is 0 Å². The van der Waals surface area contributed by atoms with Gasteiger partial charge in [0.05, 0.1) is 0 Å². The summed E-state index contributed by atoms with van der Waals surface area (Å²) in [5.74, 6) is -0.385. The maximum atomic E-state index is 12.6. The number of amides is 2. The quantitative estimate of drug-likeness (QED) is 0.177. The average Bonchev–Trinajstić information content (AvgIpc) is 3.56. The fraction of sp³-hybridized carbons (Fsp3) is 0. The van der Waals surface area contributed by atoms with Gasteiger partial charge in [-0.25, -0.2) is 0 Å². The van der Waals surface area contributed by atoms with Crippen molar-refractivity contribution in [1.29, 1.82) is 0 Å². The second-order valence-electron chi connectivity index (χ2n) is 8.73. The summed E-state index contributed by atoms with van der Waals surface area (Å²) < 4.78 is 0. The molecule has 2 heterocycles. The van der Waals surface area contributed by atoms with E-state index in [-0.39, 0.29) is 11.8 Å². The predicted octanol–water partition coefficient (Wildman–Crippen LogP) is 6.90. The van der Waals surface area contributed by atoms with Crippen LogP contribution in [0.2, 0.25) is 0 Å². The molecule has 0 atom stereocenters. The highest BCUT2D eigenvalue weighted by Gasteiger charge is 2.11. The molecular formula is C30H23N5O2. The highest BCUT2D eigenvalue weighted by atomic mass is 16.2.